The molecule has 0 aliphatic heterocycles. The molecule has 1 aliphatic rings. The number of carboxylic acids is 1. The lowest BCUT2D eigenvalue weighted by Gasteiger charge is -2.20. The van der Waals surface area contributed by atoms with Gasteiger partial charge in [0.1, 0.15) is 0 Å². The average molecular weight is 295 g/mol. The summed E-state index contributed by atoms with van der Waals surface area (Å²) in [7, 11) is 0. The molecule has 0 radical (unpaired) electrons. The third kappa shape index (κ3) is 3.03. The van der Waals surface area contributed by atoms with Crippen molar-refractivity contribution in [1.82, 2.24) is 5.32 Å². The van der Waals surface area contributed by atoms with E-state index in [9.17, 15) is 9.59 Å². The highest BCUT2D eigenvalue weighted by molar-refractivity contribution is 7.12. The van der Waals surface area contributed by atoms with Gasteiger partial charge in [-0.25, -0.2) is 0 Å². The molecule has 1 aromatic rings. The standard InChI is InChI=1S/C15H21NO3S/c1-8-7-13(10(3)20-8)9(2)16-14(17)11-5-4-6-12(11)15(18)19/h7,9,11-12H,4-6H2,1-3H3,(H,16,17)(H,18,19). The molecule has 0 saturated heterocycles. The third-order valence-electron chi connectivity index (χ3n) is 4.07. The summed E-state index contributed by atoms with van der Waals surface area (Å²) < 4.78 is 0. The maximum atomic E-state index is 12.3. The van der Waals surface area contributed by atoms with Gasteiger partial charge >= 0.3 is 5.97 Å². The predicted octanol–water partition coefficient (Wildman–Crippen LogP) is 3.04. The highest BCUT2D eigenvalue weighted by Crippen LogP contribution is 2.33. The van der Waals surface area contributed by atoms with Crippen LogP contribution in [0, 0.1) is 25.7 Å². The number of carboxylic acid groups (broad SMARTS) is 1. The van der Waals surface area contributed by atoms with E-state index in [0.717, 1.165) is 12.0 Å². The number of carbonyl (C=O) groups is 2. The molecule has 1 fully saturated rings. The van der Waals surface area contributed by atoms with E-state index >= 15 is 0 Å². The van der Waals surface area contributed by atoms with Gasteiger partial charge < -0.3 is 10.4 Å². The monoisotopic (exact) mass is 295 g/mol. The lowest BCUT2D eigenvalue weighted by molar-refractivity contribution is -0.146. The maximum Gasteiger partial charge on any atom is 0.307 e. The lowest BCUT2D eigenvalue weighted by Crippen LogP contribution is -2.36. The molecule has 0 aromatic carbocycles. The van der Waals surface area contributed by atoms with E-state index in [4.69, 9.17) is 5.11 Å². The van der Waals surface area contributed by atoms with E-state index in [1.54, 1.807) is 11.3 Å². The van der Waals surface area contributed by atoms with E-state index in [2.05, 4.69) is 11.4 Å². The van der Waals surface area contributed by atoms with Gasteiger partial charge in [-0.3, -0.25) is 9.59 Å². The summed E-state index contributed by atoms with van der Waals surface area (Å²) in [5.41, 5.74) is 1.13. The minimum absolute atomic E-state index is 0.0671. The first-order valence-corrected chi connectivity index (χ1v) is 7.82. The number of aryl methyl sites for hydroxylation is 2. The Kier molecular flexibility index (Phi) is 4.48. The Bertz CT molecular complexity index is 523. The first-order valence-electron chi connectivity index (χ1n) is 7.00. The van der Waals surface area contributed by atoms with Crippen molar-refractivity contribution >= 4 is 23.2 Å². The van der Waals surface area contributed by atoms with Crippen LogP contribution >= 0.6 is 11.3 Å². The van der Waals surface area contributed by atoms with Crippen molar-refractivity contribution in [2.75, 3.05) is 0 Å². The molecule has 1 saturated carbocycles. The van der Waals surface area contributed by atoms with Crippen LogP contribution in [-0.4, -0.2) is 17.0 Å². The van der Waals surface area contributed by atoms with Crippen molar-refractivity contribution in [3.8, 4) is 0 Å². The van der Waals surface area contributed by atoms with Crippen molar-refractivity contribution in [2.24, 2.45) is 11.8 Å². The van der Waals surface area contributed by atoms with Gasteiger partial charge in [-0.15, -0.1) is 11.3 Å². The quantitative estimate of drug-likeness (QED) is 0.897. The minimum Gasteiger partial charge on any atom is -0.481 e. The molecule has 2 N–H and O–H groups in total. The van der Waals surface area contributed by atoms with Crippen LogP contribution in [0.15, 0.2) is 6.07 Å². The molecule has 4 nitrogen and oxygen atoms in total. The first-order chi connectivity index (χ1) is 9.40. The van der Waals surface area contributed by atoms with Crippen molar-refractivity contribution in [1.29, 1.82) is 0 Å². The zero-order chi connectivity index (χ0) is 14.9. The Morgan fingerprint density at radius 1 is 1.35 bits per heavy atom. The van der Waals surface area contributed by atoms with Crippen LogP contribution < -0.4 is 5.32 Å². The third-order valence-corrected chi connectivity index (χ3v) is 5.06. The molecule has 0 spiro atoms. The van der Waals surface area contributed by atoms with Gasteiger partial charge in [-0.1, -0.05) is 6.42 Å². The molecule has 3 atom stereocenters. The Morgan fingerprint density at radius 3 is 2.55 bits per heavy atom. The Balaban J connectivity index is 2.04. The van der Waals surface area contributed by atoms with E-state index < -0.39 is 11.9 Å². The number of thiophene rings is 1. The number of carbonyl (C=O) groups excluding carboxylic acids is 1. The predicted molar refractivity (Wildman–Crippen MR) is 78.8 cm³/mol. The zero-order valence-corrected chi connectivity index (χ0v) is 12.9. The number of hydrogen-bond donors (Lipinski definition) is 2. The molecule has 1 aromatic heterocycles. The fraction of sp³-hybridized carbons (Fsp3) is 0.600. The molecular formula is C15H21NO3S. The smallest absolute Gasteiger partial charge is 0.307 e. The summed E-state index contributed by atoms with van der Waals surface area (Å²) in [4.78, 5) is 25.9. The number of aliphatic carboxylic acids is 1. The number of nitrogens with one attached hydrogen (secondary N) is 1. The molecule has 3 unspecified atom stereocenters. The van der Waals surface area contributed by atoms with E-state index in [1.165, 1.54) is 9.75 Å². The van der Waals surface area contributed by atoms with Crippen LogP contribution in [0.3, 0.4) is 0 Å². The van der Waals surface area contributed by atoms with E-state index in [0.29, 0.717) is 12.8 Å². The molecule has 20 heavy (non-hydrogen) atoms. The van der Waals surface area contributed by atoms with Gasteiger partial charge in [-0.2, -0.15) is 0 Å². The topological polar surface area (TPSA) is 66.4 Å². The number of amides is 1. The van der Waals surface area contributed by atoms with Gasteiger partial charge in [0.05, 0.1) is 17.9 Å². The SMILES string of the molecule is Cc1cc(C(C)NC(=O)C2CCCC2C(=O)O)c(C)s1. The van der Waals surface area contributed by atoms with Crippen molar-refractivity contribution < 1.29 is 14.7 Å². The number of rotatable bonds is 4. The zero-order valence-electron chi connectivity index (χ0n) is 12.1. The van der Waals surface area contributed by atoms with Gasteiger partial charge in [0.15, 0.2) is 0 Å². The molecule has 1 aliphatic carbocycles. The molecular weight excluding hydrogens is 274 g/mol. The maximum absolute atomic E-state index is 12.3. The van der Waals surface area contributed by atoms with Crippen LogP contribution in [0.5, 0.6) is 0 Å². The van der Waals surface area contributed by atoms with Crippen molar-refractivity contribution in [3.63, 3.8) is 0 Å². The van der Waals surface area contributed by atoms with Crippen LogP contribution in [0.4, 0.5) is 0 Å². The summed E-state index contributed by atoms with van der Waals surface area (Å²) >= 11 is 1.72. The second-order valence-electron chi connectivity index (χ2n) is 5.58. The summed E-state index contributed by atoms with van der Waals surface area (Å²) in [5, 5.41) is 12.1. The van der Waals surface area contributed by atoms with Crippen molar-refractivity contribution in [2.45, 2.75) is 46.1 Å². The fourth-order valence-electron chi connectivity index (χ4n) is 3.05. The minimum atomic E-state index is -0.849. The largest absolute Gasteiger partial charge is 0.481 e. The summed E-state index contributed by atoms with van der Waals surface area (Å²) in [6, 6.07) is 2.02. The fourth-order valence-corrected chi connectivity index (χ4v) is 4.07. The Labute approximate surface area is 123 Å². The Hall–Kier alpha value is -1.36. The van der Waals surface area contributed by atoms with E-state index in [1.807, 2.05) is 20.8 Å². The van der Waals surface area contributed by atoms with Crippen LogP contribution in [-0.2, 0) is 9.59 Å². The second kappa shape index (κ2) is 5.95. The summed E-state index contributed by atoms with van der Waals surface area (Å²) in [5.74, 6) is -1.87. The van der Waals surface area contributed by atoms with Crippen LogP contribution in [0.25, 0.3) is 0 Å². The van der Waals surface area contributed by atoms with Crippen LogP contribution in [0.1, 0.15) is 47.5 Å². The average Bonchev–Trinajstić information content (AvgIpc) is 2.95. The van der Waals surface area contributed by atoms with Gasteiger partial charge in [-0.05, 0) is 45.2 Å². The highest BCUT2D eigenvalue weighted by Gasteiger charge is 2.38. The van der Waals surface area contributed by atoms with E-state index in [-0.39, 0.29) is 17.9 Å². The summed E-state index contributed by atoms with van der Waals surface area (Å²) in [6.07, 6.45) is 2.11. The molecule has 1 amide bonds. The summed E-state index contributed by atoms with van der Waals surface area (Å²) in [6.45, 7) is 6.05. The lowest BCUT2D eigenvalue weighted by atomic mass is 9.95. The molecule has 5 heteroatoms. The Morgan fingerprint density at radius 2 is 2.00 bits per heavy atom. The van der Waals surface area contributed by atoms with Crippen molar-refractivity contribution in [3.05, 3.63) is 21.4 Å². The van der Waals surface area contributed by atoms with Gasteiger partial charge in [0.2, 0.25) is 5.91 Å². The normalized spacial score (nSPS) is 23.6. The van der Waals surface area contributed by atoms with Gasteiger partial charge in [0, 0.05) is 9.75 Å². The second-order valence-corrected chi connectivity index (χ2v) is 7.04. The molecule has 1 heterocycles. The molecule has 2 rings (SSSR count). The van der Waals surface area contributed by atoms with Crippen LogP contribution in [0.2, 0.25) is 0 Å². The first kappa shape index (κ1) is 15.0. The molecule has 110 valence electrons. The number of hydrogen-bond acceptors (Lipinski definition) is 3. The van der Waals surface area contributed by atoms with Gasteiger partial charge in [0.25, 0.3) is 0 Å². The highest BCUT2D eigenvalue weighted by atomic mass is 32.1. The molecule has 0 bridgehead atoms.